The van der Waals surface area contributed by atoms with E-state index in [1.54, 1.807) is 39.0 Å². The number of nitrogen functional groups attached to an aromatic ring is 1. The van der Waals surface area contributed by atoms with E-state index < -0.39 is 30.3 Å². The van der Waals surface area contributed by atoms with E-state index in [4.69, 9.17) is 24.5 Å². The van der Waals surface area contributed by atoms with Gasteiger partial charge in [-0.1, -0.05) is 30.3 Å². The van der Waals surface area contributed by atoms with Gasteiger partial charge in [-0.25, -0.2) is 9.59 Å². The van der Waals surface area contributed by atoms with Crippen molar-refractivity contribution in [2.45, 2.75) is 38.6 Å². The molecule has 3 rings (SSSR count). The SMILES string of the molecule is COC(=O)c1ccc(N)c(B2OC(C)(C)C(C)(C(=O)OCc3ccccc3)O2)c1. The van der Waals surface area contributed by atoms with Crippen molar-refractivity contribution >= 4 is 30.2 Å². The fraction of sp³-hybridized carbons (Fsp3) is 0.333. The zero-order valence-corrected chi connectivity index (χ0v) is 16.9. The highest BCUT2D eigenvalue weighted by atomic mass is 16.7. The number of hydrogen-bond acceptors (Lipinski definition) is 7. The van der Waals surface area contributed by atoms with Gasteiger partial charge in [0.15, 0.2) is 5.60 Å². The van der Waals surface area contributed by atoms with Crippen LogP contribution in [0.25, 0.3) is 0 Å². The monoisotopic (exact) mass is 397 g/mol. The molecule has 0 radical (unpaired) electrons. The maximum Gasteiger partial charge on any atom is 0.497 e. The van der Waals surface area contributed by atoms with Gasteiger partial charge in [-0.2, -0.15) is 0 Å². The first-order valence-electron chi connectivity index (χ1n) is 9.22. The normalized spacial score (nSPS) is 20.3. The van der Waals surface area contributed by atoms with E-state index >= 15 is 0 Å². The zero-order chi connectivity index (χ0) is 21.2. The van der Waals surface area contributed by atoms with Gasteiger partial charge in [-0.3, -0.25) is 0 Å². The Morgan fingerprint density at radius 2 is 1.76 bits per heavy atom. The van der Waals surface area contributed by atoms with Gasteiger partial charge in [0.05, 0.1) is 18.3 Å². The summed E-state index contributed by atoms with van der Waals surface area (Å²) in [6, 6.07) is 14.0. The van der Waals surface area contributed by atoms with Gasteiger partial charge in [-0.05, 0) is 44.5 Å². The van der Waals surface area contributed by atoms with Crippen LogP contribution in [0.4, 0.5) is 5.69 Å². The number of anilines is 1. The minimum Gasteiger partial charge on any atom is -0.465 e. The van der Waals surface area contributed by atoms with Crippen LogP contribution in [0.5, 0.6) is 0 Å². The lowest BCUT2D eigenvalue weighted by Gasteiger charge is -2.33. The Kier molecular flexibility index (Phi) is 5.68. The summed E-state index contributed by atoms with van der Waals surface area (Å²) in [5.41, 5.74) is 5.69. The van der Waals surface area contributed by atoms with Gasteiger partial charge in [0.2, 0.25) is 0 Å². The molecule has 1 unspecified atom stereocenters. The Balaban J connectivity index is 1.82. The summed E-state index contributed by atoms with van der Waals surface area (Å²) >= 11 is 0. The third kappa shape index (κ3) is 3.99. The van der Waals surface area contributed by atoms with Crippen molar-refractivity contribution in [2.75, 3.05) is 12.8 Å². The van der Waals surface area contributed by atoms with Crippen LogP contribution < -0.4 is 11.2 Å². The van der Waals surface area contributed by atoms with Crippen molar-refractivity contribution in [3.63, 3.8) is 0 Å². The standard InChI is InChI=1S/C21H24BNO6/c1-20(2)21(3,19(25)27-13-14-8-6-5-7-9-14)29-22(28-20)16-12-15(18(24)26-4)10-11-17(16)23/h5-12H,13,23H2,1-4H3. The Hall–Kier alpha value is -2.84. The third-order valence-corrected chi connectivity index (χ3v) is 5.26. The second kappa shape index (κ2) is 7.89. The van der Waals surface area contributed by atoms with Gasteiger partial charge in [0, 0.05) is 11.2 Å². The van der Waals surface area contributed by atoms with Crippen LogP contribution in [0.3, 0.4) is 0 Å². The van der Waals surface area contributed by atoms with Crippen LogP contribution in [0.15, 0.2) is 48.5 Å². The zero-order valence-electron chi connectivity index (χ0n) is 16.9. The Morgan fingerprint density at radius 3 is 2.41 bits per heavy atom. The van der Waals surface area contributed by atoms with E-state index in [-0.39, 0.29) is 6.61 Å². The molecule has 1 saturated heterocycles. The van der Waals surface area contributed by atoms with E-state index in [2.05, 4.69) is 0 Å². The molecule has 0 amide bonds. The molecule has 1 heterocycles. The molecule has 0 aliphatic carbocycles. The van der Waals surface area contributed by atoms with Crippen molar-refractivity contribution in [1.29, 1.82) is 0 Å². The quantitative estimate of drug-likeness (QED) is 0.469. The molecule has 0 saturated carbocycles. The molecule has 1 atom stereocenters. The highest BCUT2D eigenvalue weighted by molar-refractivity contribution is 6.64. The molecule has 2 aromatic carbocycles. The smallest absolute Gasteiger partial charge is 0.465 e. The van der Waals surface area contributed by atoms with Gasteiger partial charge in [0.1, 0.15) is 6.61 Å². The molecule has 2 N–H and O–H groups in total. The van der Waals surface area contributed by atoms with Crippen LogP contribution >= 0.6 is 0 Å². The lowest BCUT2D eigenvalue weighted by molar-refractivity contribution is -0.169. The van der Waals surface area contributed by atoms with Gasteiger partial charge in [-0.15, -0.1) is 0 Å². The van der Waals surface area contributed by atoms with Crippen molar-refractivity contribution in [3.05, 3.63) is 59.7 Å². The minimum atomic E-state index is -1.37. The largest absolute Gasteiger partial charge is 0.497 e. The van der Waals surface area contributed by atoms with Crippen LogP contribution in [-0.2, 0) is 30.2 Å². The molecule has 2 aromatic rings. The van der Waals surface area contributed by atoms with E-state index in [1.807, 2.05) is 30.3 Å². The van der Waals surface area contributed by atoms with E-state index in [0.717, 1.165) is 5.56 Å². The predicted octanol–water partition coefficient (Wildman–Crippen LogP) is 2.08. The van der Waals surface area contributed by atoms with Gasteiger partial charge >= 0.3 is 19.1 Å². The Morgan fingerprint density at radius 1 is 1.07 bits per heavy atom. The molecule has 152 valence electrons. The van der Waals surface area contributed by atoms with E-state index in [9.17, 15) is 9.59 Å². The second-order valence-electron chi connectivity index (χ2n) is 7.51. The molecule has 1 aliphatic heterocycles. The molecule has 1 fully saturated rings. The highest BCUT2D eigenvalue weighted by Gasteiger charge is 2.60. The number of carbonyl (C=O) groups excluding carboxylic acids is 2. The second-order valence-corrected chi connectivity index (χ2v) is 7.51. The maximum atomic E-state index is 12.9. The van der Waals surface area contributed by atoms with Crippen LogP contribution in [-0.4, -0.2) is 37.4 Å². The first kappa shape index (κ1) is 20.9. The fourth-order valence-electron chi connectivity index (χ4n) is 3.07. The molecule has 0 aromatic heterocycles. The topological polar surface area (TPSA) is 97.1 Å². The first-order chi connectivity index (χ1) is 13.7. The first-order valence-corrected chi connectivity index (χ1v) is 9.22. The van der Waals surface area contributed by atoms with E-state index in [1.165, 1.54) is 7.11 Å². The molecule has 0 bridgehead atoms. The molecule has 29 heavy (non-hydrogen) atoms. The van der Waals surface area contributed by atoms with Crippen molar-refractivity contribution in [1.82, 2.24) is 0 Å². The average molecular weight is 397 g/mol. The highest BCUT2D eigenvalue weighted by Crippen LogP contribution is 2.38. The summed E-state index contributed by atoms with van der Waals surface area (Å²) in [6.07, 6.45) is 0. The summed E-state index contributed by atoms with van der Waals surface area (Å²) in [5.74, 6) is -1.05. The molecule has 7 nitrogen and oxygen atoms in total. The van der Waals surface area contributed by atoms with Crippen molar-refractivity contribution in [3.8, 4) is 0 Å². The molecule has 8 heteroatoms. The number of nitrogens with two attached hydrogens (primary N) is 1. The van der Waals surface area contributed by atoms with Gasteiger partial charge in [0.25, 0.3) is 0 Å². The number of methoxy groups -OCH3 is 1. The summed E-state index contributed by atoms with van der Waals surface area (Å²) in [4.78, 5) is 24.8. The number of hydrogen-bond donors (Lipinski definition) is 1. The summed E-state index contributed by atoms with van der Waals surface area (Å²) in [7, 11) is 0.355. The summed E-state index contributed by atoms with van der Waals surface area (Å²) < 4.78 is 22.3. The average Bonchev–Trinajstić information content (AvgIpc) is 2.96. The molecule has 1 aliphatic rings. The number of rotatable bonds is 5. The van der Waals surface area contributed by atoms with Crippen LogP contribution in [0, 0.1) is 0 Å². The van der Waals surface area contributed by atoms with Crippen molar-refractivity contribution in [2.24, 2.45) is 0 Å². The Labute approximate surface area is 170 Å². The molecule has 0 spiro atoms. The number of benzene rings is 2. The fourth-order valence-corrected chi connectivity index (χ4v) is 3.07. The third-order valence-electron chi connectivity index (χ3n) is 5.26. The number of carbonyl (C=O) groups is 2. The van der Waals surface area contributed by atoms with Crippen molar-refractivity contribution < 1.29 is 28.4 Å². The molecular weight excluding hydrogens is 373 g/mol. The maximum absolute atomic E-state index is 12.9. The summed E-state index contributed by atoms with van der Waals surface area (Å²) in [5, 5.41) is 0. The number of esters is 2. The molecular formula is C21H24BNO6. The van der Waals surface area contributed by atoms with Crippen LogP contribution in [0.2, 0.25) is 0 Å². The van der Waals surface area contributed by atoms with Gasteiger partial charge < -0.3 is 24.5 Å². The van der Waals surface area contributed by atoms with E-state index in [0.29, 0.717) is 16.7 Å². The summed E-state index contributed by atoms with van der Waals surface area (Å²) in [6.45, 7) is 5.24. The lowest BCUT2D eigenvalue weighted by atomic mass is 9.77. The minimum absolute atomic E-state index is 0.124. The van der Waals surface area contributed by atoms with Crippen LogP contribution in [0.1, 0.15) is 36.7 Å². The Bertz CT molecular complexity index is 917. The predicted molar refractivity (Wildman–Crippen MR) is 108 cm³/mol. The lowest BCUT2D eigenvalue weighted by Crippen LogP contribution is -2.52. The number of ether oxygens (including phenoxy) is 2.